The number of rotatable bonds is 5. The van der Waals surface area contributed by atoms with Gasteiger partial charge in [-0.2, -0.15) is 5.10 Å². The second kappa shape index (κ2) is 7.14. The quantitative estimate of drug-likeness (QED) is 0.740. The lowest BCUT2D eigenvalue weighted by molar-refractivity contribution is 0.0760. The molecular weight excluding hydrogens is 326 g/mol. The number of likely N-dealkylation sites (N-methyl/N-ethyl adjacent to an activating group) is 1. The van der Waals surface area contributed by atoms with Crippen LogP contribution in [0.3, 0.4) is 0 Å². The van der Waals surface area contributed by atoms with Crippen molar-refractivity contribution in [3.63, 3.8) is 0 Å². The Labute approximate surface area is 153 Å². The number of benzene rings is 2. The van der Waals surface area contributed by atoms with Gasteiger partial charge in [-0.1, -0.05) is 42.5 Å². The number of aromatic hydroxyl groups is 1. The van der Waals surface area contributed by atoms with Gasteiger partial charge in [-0.25, -0.2) is 4.68 Å². The summed E-state index contributed by atoms with van der Waals surface area (Å²) in [6.07, 6.45) is 1.70. The molecule has 0 amide bonds. The van der Waals surface area contributed by atoms with E-state index in [2.05, 4.69) is 10.4 Å². The molecule has 1 heterocycles. The molecule has 26 heavy (non-hydrogen) atoms. The van der Waals surface area contributed by atoms with Gasteiger partial charge in [0.25, 0.3) is 5.91 Å². The number of phenolic OH excluding ortho intramolecular Hbond substituents is 1. The molecule has 3 aromatic rings. The number of aromatic nitrogens is 2. The van der Waals surface area contributed by atoms with Crippen molar-refractivity contribution < 1.29 is 9.90 Å². The van der Waals surface area contributed by atoms with Crippen molar-refractivity contribution in [2.45, 2.75) is 25.3 Å². The lowest BCUT2D eigenvalue weighted by Crippen LogP contribution is -2.51. The molecule has 0 fully saturated rings. The van der Waals surface area contributed by atoms with E-state index < -0.39 is 5.41 Å². The van der Waals surface area contributed by atoms with Crippen LogP contribution in [0.2, 0.25) is 0 Å². The van der Waals surface area contributed by atoms with Crippen molar-refractivity contribution >= 4 is 5.91 Å². The van der Waals surface area contributed by atoms with Gasteiger partial charge in [0.1, 0.15) is 5.75 Å². The predicted molar refractivity (Wildman–Crippen MR) is 102 cm³/mol. The van der Waals surface area contributed by atoms with E-state index >= 15 is 0 Å². The number of carbonyl (C=O) groups excluding carboxylic acids is 1. The maximum Gasteiger partial charge on any atom is 0.258 e. The molecule has 2 N–H and O–H groups in total. The lowest BCUT2D eigenvalue weighted by Gasteiger charge is -2.34. The van der Waals surface area contributed by atoms with E-state index in [1.165, 1.54) is 4.68 Å². The molecule has 0 aliphatic rings. The van der Waals surface area contributed by atoms with Crippen LogP contribution >= 0.6 is 0 Å². The Hall–Kier alpha value is -2.92. The number of nitrogens with zero attached hydrogens (tertiary/aromatic N) is 2. The standard InChI is InChI=1S/C21H23N3O2/c1-15(22-3)21(2,17-9-11-18(25)12-10-17)20(26)24-14-13-19(23-24)16-7-5-4-6-8-16/h4-15,22,25H,1-3H3/t15-,21?/m1/s1. The van der Waals surface area contributed by atoms with Crippen molar-refractivity contribution in [2.75, 3.05) is 7.05 Å². The zero-order chi connectivity index (χ0) is 18.7. The number of phenols is 1. The first-order chi connectivity index (χ1) is 12.5. The van der Waals surface area contributed by atoms with E-state index in [0.29, 0.717) is 0 Å². The van der Waals surface area contributed by atoms with Crippen molar-refractivity contribution in [1.29, 1.82) is 0 Å². The van der Waals surface area contributed by atoms with E-state index in [1.807, 2.05) is 57.3 Å². The summed E-state index contributed by atoms with van der Waals surface area (Å²) in [6, 6.07) is 18.2. The molecule has 5 nitrogen and oxygen atoms in total. The molecular formula is C21H23N3O2. The summed E-state index contributed by atoms with van der Waals surface area (Å²) in [5.74, 6) is 0.0401. The fourth-order valence-electron chi connectivity index (χ4n) is 3.09. The van der Waals surface area contributed by atoms with Crippen LogP contribution in [0.4, 0.5) is 0 Å². The van der Waals surface area contributed by atoms with Crippen molar-refractivity contribution in [3.8, 4) is 17.0 Å². The van der Waals surface area contributed by atoms with E-state index in [4.69, 9.17) is 0 Å². The third-order valence-electron chi connectivity index (χ3n) is 5.08. The molecule has 0 saturated heterocycles. The molecule has 2 atom stereocenters. The first kappa shape index (κ1) is 17.9. The molecule has 0 saturated carbocycles. The highest BCUT2D eigenvalue weighted by Gasteiger charge is 2.41. The van der Waals surface area contributed by atoms with Crippen LogP contribution in [-0.4, -0.2) is 33.9 Å². The van der Waals surface area contributed by atoms with Crippen molar-refractivity contribution in [2.24, 2.45) is 0 Å². The molecule has 0 bridgehead atoms. The summed E-state index contributed by atoms with van der Waals surface area (Å²) in [5.41, 5.74) is 1.69. The highest BCUT2D eigenvalue weighted by molar-refractivity contribution is 5.90. The fraction of sp³-hybridized carbons (Fsp3) is 0.238. The zero-order valence-corrected chi connectivity index (χ0v) is 15.2. The molecule has 3 rings (SSSR count). The fourth-order valence-corrected chi connectivity index (χ4v) is 3.09. The topological polar surface area (TPSA) is 67.2 Å². The Kier molecular flexibility index (Phi) is 4.91. The van der Waals surface area contributed by atoms with Crippen LogP contribution in [0, 0.1) is 0 Å². The minimum absolute atomic E-state index is 0.132. The highest BCUT2D eigenvalue weighted by Crippen LogP contribution is 2.31. The summed E-state index contributed by atoms with van der Waals surface area (Å²) in [5, 5.41) is 17.3. The molecule has 0 aliphatic carbocycles. The van der Waals surface area contributed by atoms with Gasteiger partial charge in [0.15, 0.2) is 0 Å². The summed E-state index contributed by atoms with van der Waals surface area (Å²) >= 11 is 0. The molecule has 2 aromatic carbocycles. The van der Waals surface area contributed by atoms with E-state index in [1.54, 1.807) is 30.5 Å². The van der Waals surface area contributed by atoms with Crippen LogP contribution < -0.4 is 5.32 Å². The van der Waals surface area contributed by atoms with E-state index in [9.17, 15) is 9.90 Å². The molecule has 0 aliphatic heterocycles. The van der Waals surface area contributed by atoms with Crippen molar-refractivity contribution in [1.82, 2.24) is 15.1 Å². The number of hydrogen-bond donors (Lipinski definition) is 2. The maximum atomic E-state index is 13.4. The van der Waals surface area contributed by atoms with Gasteiger partial charge in [-0.15, -0.1) is 0 Å². The third kappa shape index (κ3) is 3.13. The summed E-state index contributed by atoms with van der Waals surface area (Å²) in [7, 11) is 1.83. The van der Waals surface area contributed by atoms with Crippen LogP contribution in [0.15, 0.2) is 66.9 Å². The SMILES string of the molecule is CN[C@H](C)C(C)(C(=O)n1ccc(-c2ccccc2)n1)c1ccc(O)cc1. The predicted octanol–water partition coefficient (Wildman–Crippen LogP) is 3.46. The normalized spacial score (nSPS) is 14.6. The summed E-state index contributed by atoms with van der Waals surface area (Å²) in [4.78, 5) is 13.4. The molecule has 0 radical (unpaired) electrons. The maximum absolute atomic E-state index is 13.4. The molecule has 5 heteroatoms. The molecule has 134 valence electrons. The smallest absolute Gasteiger partial charge is 0.258 e. The van der Waals surface area contributed by atoms with E-state index in [-0.39, 0.29) is 17.7 Å². The average molecular weight is 349 g/mol. The average Bonchev–Trinajstić information content (AvgIpc) is 3.17. The lowest BCUT2D eigenvalue weighted by atomic mass is 9.75. The van der Waals surface area contributed by atoms with Crippen LogP contribution in [-0.2, 0) is 5.41 Å². The van der Waals surface area contributed by atoms with Gasteiger partial charge in [0.2, 0.25) is 0 Å². The van der Waals surface area contributed by atoms with Gasteiger partial charge in [0.05, 0.1) is 11.1 Å². The highest BCUT2D eigenvalue weighted by atomic mass is 16.3. The number of carbonyl (C=O) groups is 1. The number of nitrogens with one attached hydrogen (secondary N) is 1. The molecule has 1 unspecified atom stereocenters. The number of hydrogen-bond acceptors (Lipinski definition) is 4. The molecule has 1 aromatic heterocycles. The Morgan fingerprint density at radius 1 is 1.12 bits per heavy atom. The van der Waals surface area contributed by atoms with Gasteiger partial charge in [0, 0.05) is 17.8 Å². The first-order valence-electron chi connectivity index (χ1n) is 8.59. The summed E-state index contributed by atoms with van der Waals surface area (Å²) < 4.78 is 1.41. The summed E-state index contributed by atoms with van der Waals surface area (Å²) in [6.45, 7) is 3.86. The Balaban J connectivity index is 2.01. The van der Waals surface area contributed by atoms with Crippen molar-refractivity contribution in [3.05, 3.63) is 72.4 Å². The van der Waals surface area contributed by atoms with Gasteiger partial charge in [-0.05, 0) is 44.7 Å². The van der Waals surface area contributed by atoms with Crippen LogP contribution in [0.1, 0.15) is 24.2 Å². The van der Waals surface area contributed by atoms with Gasteiger partial charge < -0.3 is 10.4 Å². The molecule has 0 spiro atoms. The largest absolute Gasteiger partial charge is 0.508 e. The third-order valence-corrected chi connectivity index (χ3v) is 5.08. The van der Waals surface area contributed by atoms with Gasteiger partial charge >= 0.3 is 0 Å². The zero-order valence-electron chi connectivity index (χ0n) is 15.2. The minimum atomic E-state index is -0.845. The van der Waals surface area contributed by atoms with Crippen LogP contribution in [0.5, 0.6) is 5.75 Å². The van der Waals surface area contributed by atoms with Gasteiger partial charge in [-0.3, -0.25) is 4.79 Å². The van der Waals surface area contributed by atoms with E-state index in [0.717, 1.165) is 16.8 Å². The minimum Gasteiger partial charge on any atom is -0.508 e. The first-order valence-corrected chi connectivity index (χ1v) is 8.59. The Morgan fingerprint density at radius 2 is 1.77 bits per heavy atom. The Bertz CT molecular complexity index is 887. The Morgan fingerprint density at radius 3 is 2.38 bits per heavy atom. The van der Waals surface area contributed by atoms with Crippen LogP contribution in [0.25, 0.3) is 11.3 Å². The monoisotopic (exact) mass is 349 g/mol. The second-order valence-electron chi connectivity index (χ2n) is 6.58. The second-order valence-corrected chi connectivity index (χ2v) is 6.58.